The highest BCUT2D eigenvalue weighted by molar-refractivity contribution is 15.0. The topological polar surface area (TPSA) is 120 Å². The van der Waals surface area contributed by atoms with Gasteiger partial charge >= 0.3 is 0 Å². The van der Waals surface area contributed by atoms with Crippen molar-refractivity contribution < 1.29 is 19.7 Å². The smallest absolute Gasteiger partial charge is 0.289 e. The molecule has 8 nitrogen and oxygen atoms in total. The van der Waals surface area contributed by atoms with E-state index in [2.05, 4.69) is 52.1 Å². The van der Waals surface area contributed by atoms with Crippen LogP contribution in [0.4, 0.5) is 0 Å². The zero-order chi connectivity index (χ0) is 23.6. The number of primary amides is 1. The van der Waals surface area contributed by atoms with Crippen LogP contribution in [0.15, 0.2) is 30.3 Å². The van der Waals surface area contributed by atoms with E-state index in [1.54, 1.807) is 13.8 Å². The van der Waals surface area contributed by atoms with Crippen molar-refractivity contribution in [3.8, 4) is 0 Å². The Balaban J connectivity index is 0.00000113. The number of nitrogens with two attached hydrogens (primary N) is 1. The number of rotatable bonds is 7. The van der Waals surface area contributed by atoms with Crippen molar-refractivity contribution >= 4 is 60.0 Å². The van der Waals surface area contributed by atoms with Crippen LogP contribution < -0.4 is 5.73 Å². The molecule has 3 N–H and O–H groups in total. The second kappa shape index (κ2) is 13.7. The molecule has 168 valence electrons. The van der Waals surface area contributed by atoms with Crippen molar-refractivity contribution in [2.45, 2.75) is 40.7 Å². The molecule has 0 atom stereocenters. The van der Waals surface area contributed by atoms with Crippen molar-refractivity contribution in [2.75, 3.05) is 6.61 Å². The van der Waals surface area contributed by atoms with Crippen LogP contribution in [-0.4, -0.2) is 38.1 Å². The number of Topliss-reactive ketones (excluding diaryl/α,β-unsaturated/α-hetero) is 1. The molecule has 31 heavy (non-hydrogen) atoms. The fraction of sp³-hybridized carbons (Fsp3) is 0.333. The van der Waals surface area contributed by atoms with Crippen LogP contribution in [0.25, 0.3) is 11.0 Å². The SMILES string of the molecule is CC.Cc1nc(CCOO)c2c(C(=O)C(N)=O)c(C)n(Cc3ccccc3)c2n1.II. The zero-order valence-electron chi connectivity index (χ0n) is 17.9. The van der Waals surface area contributed by atoms with E-state index in [4.69, 9.17) is 11.0 Å². The van der Waals surface area contributed by atoms with E-state index in [-0.39, 0.29) is 18.6 Å². The Bertz CT molecular complexity index is 1020. The van der Waals surface area contributed by atoms with Crippen LogP contribution in [-0.2, 0) is 22.6 Å². The number of ketones is 1. The predicted octanol–water partition coefficient (Wildman–Crippen LogP) is 4.59. The number of aryl methyl sites for hydroxylation is 1. The third kappa shape index (κ3) is 6.67. The largest absolute Gasteiger partial charge is 0.363 e. The molecular weight excluding hydrogens is 626 g/mol. The van der Waals surface area contributed by atoms with Gasteiger partial charge in [-0.2, -0.15) is 0 Å². The fourth-order valence-corrected chi connectivity index (χ4v) is 3.22. The highest BCUT2D eigenvalue weighted by Gasteiger charge is 2.27. The maximum atomic E-state index is 12.5. The first-order chi connectivity index (χ1) is 14.9. The molecule has 0 radical (unpaired) electrons. The van der Waals surface area contributed by atoms with Crippen molar-refractivity contribution in [3.63, 3.8) is 0 Å². The third-order valence-corrected chi connectivity index (χ3v) is 4.41. The minimum absolute atomic E-state index is 0.00132. The molecule has 0 bridgehead atoms. The Morgan fingerprint density at radius 3 is 2.29 bits per heavy atom. The third-order valence-electron chi connectivity index (χ3n) is 4.41. The Morgan fingerprint density at radius 1 is 1.13 bits per heavy atom. The number of amides is 1. The Hall–Kier alpha value is -1.64. The van der Waals surface area contributed by atoms with Crippen molar-refractivity contribution in [1.82, 2.24) is 14.5 Å². The van der Waals surface area contributed by atoms with Crippen molar-refractivity contribution in [1.29, 1.82) is 0 Å². The second-order valence-corrected chi connectivity index (χ2v) is 6.22. The number of hydrogen-bond acceptors (Lipinski definition) is 6. The van der Waals surface area contributed by atoms with Crippen LogP contribution in [0.2, 0.25) is 0 Å². The molecular formula is C21H26I2N4O4. The number of hydrogen-bond donors (Lipinski definition) is 2. The van der Waals surface area contributed by atoms with Crippen LogP contribution in [0.1, 0.15) is 47.0 Å². The maximum Gasteiger partial charge on any atom is 0.289 e. The molecule has 3 aromatic rings. The Labute approximate surface area is 204 Å². The monoisotopic (exact) mass is 652 g/mol. The fourth-order valence-electron chi connectivity index (χ4n) is 3.22. The van der Waals surface area contributed by atoms with E-state index in [9.17, 15) is 9.59 Å². The molecule has 0 aliphatic heterocycles. The molecule has 0 spiro atoms. The first-order valence-electron chi connectivity index (χ1n) is 9.59. The molecule has 1 aromatic carbocycles. The van der Waals surface area contributed by atoms with Gasteiger partial charge in [-0.3, -0.25) is 14.8 Å². The van der Waals surface area contributed by atoms with Gasteiger partial charge < -0.3 is 10.3 Å². The molecule has 3 rings (SSSR count). The Morgan fingerprint density at radius 2 is 1.74 bits per heavy atom. The van der Waals surface area contributed by atoms with Crippen LogP contribution in [0.3, 0.4) is 0 Å². The number of carbonyl (C=O) groups excluding carboxylic acids is 2. The van der Waals surface area contributed by atoms with Gasteiger partial charge in [-0.15, -0.1) is 0 Å². The lowest BCUT2D eigenvalue weighted by molar-refractivity contribution is -0.241. The number of aromatic nitrogens is 3. The lowest BCUT2D eigenvalue weighted by Crippen LogP contribution is -2.24. The summed E-state index contributed by atoms with van der Waals surface area (Å²) >= 11 is 4.24. The van der Waals surface area contributed by atoms with Gasteiger partial charge in [0.05, 0.1) is 23.3 Å². The highest BCUT2D eigenvalue weighted by atomic mass is 128. The maximum absolute atomic E-state index is 12.5. The summed E-state index contributed by atoms with van der Waals surface area (Å²) in [6.07, 6.45) is 0.254. The molecule has 0 saturated heterocycles. The average Bonchev–Trinajstić information content (AvgIpc) is 3.06. The molecule has 0 aliphatic rings. The number of halogens is 2. The standard InChI is InChI=1S/C19H20N4O4.C2H6.I2/c1-11-15(17(24)18(20)25)16-14(8-9-27-26)21-12(2)22-19(16)23(11)10-13-6-4-3-5-7-13;2*1-2/h3-7,26H,8-10H2,1-2H3,(H2,20,25);1-2H3;. The lowest BCUT2D eigenvalue weighted by atomic mass is 10.0. The van der Waals surface area contributed by atoms with Crippen LogP contribution in [0.5, 0.6) is 0 Å². The summed E-state index contributed by atoms with van der Waals surface area (Å²) < 4.78 is 1.87. The number of fused-ring (bicyclic) bond motifs is 1. The molecule has 10 heteroatoms. The molecule has 1 amide bonds. The first kappa shape index (κ1) is 27.4. The van der Waals surface area contributed by atoms with Gasteiger partial charge in [0.2, 0.25) is 0 Å². The zero-order valence-corrected chi connectivity index (χ0v) is 22.2. The molecule has 0 fully saturated rings. The lowest BCUT2D eigenvalue weighted by Gasteiger charge is -2.09. The predicted molar refractivity (Wildman–Crippen MR) is 138 cm³/mol. The van der Waals surface area contributed by atoms with Crippen LogP contribution >= 0.6 is 37.2 Å². The quantitative estimate of drug-likeness (QED) is 0.127. The molecule has 0 unspecified atom stereocenters. The number of nitrogens with zero attached hydrogens (tertiary/aromatic N) is 3. The first-order valence-corrected chi connectivity index (χ1v) is 15.9. The Kier molecular flexibility index (Phi) is 12.1. The minimum Gasteiger partial charge on any atom is -0.363 e. The summed E-state index contributed by atoms with van der Waals surface area (Å²) in [5.74, 6) is -1.31. The summed E-state index contributed by atoms with van der Waals surface area (Å²) in [7, 11) is 0. The summed E-state index contributed by atoms with van der Waals surface area (Å²) in [6.45, 7) is 7.97. The molecule has 2 heterocycles. The van der Waals surface area contributed by atoms with Gasteiger partial charge in [0.25, 0.3) is 11.7 Å². The second-order valence-electron chi connectivity index (χ2n) is 6.22. The minimum atomic E-state index is -1.04. The van der Waals surface area contributed by atoms with Gasteiger partial charge in [-0.1, -0.05) is 44.2 Å². The summed E-state index contributed by atoms with van der Waals surface area (Å²) in [5.41, 5.74) is 8.13. The van der Waals surface area contributed by atoms with Gasteiger partial charge in [-0.25, -0.2) is 14.9 Å². The van der Waals surface area contributed by atoms with E-state index < -0.39 is 11.7 Å². The summed E-state index contributed by atoms with van der Waals surface area (Å²) in [5, 5.41) is 9.17. The van der Waals surface area contributed by atoms with Crippen LogP contribution in [0, 0.1) is 13.8 Å². The van der Waals surface area contributed by atoms with Crippen molar-refractivity contribution in [3.05, 3.63) is 58.7 Å². The van der Waals surface area contributed by atoms with E-state index in [0.717, 1.165) is 5.56 Å². The number of benzene rings is 1. The normalized spacial score (nSPS) is 10.0. The van der Waals surface area contributed by atoms with E-state index in [1.807, 2.05) is 48.7 Å². The number of carbonyl (C=O) groups is 2. The molecule has 0 aliphatic carbocycles. The van der Waals surface area contributed by atoms with Gasteiger partial charge in [-0.05, 0) is 19.4 Å². The van der Waals surface area contributed by atoms with E-state index in [0.29, 0.717) is 34.8 Å². The van der Waals surface area contributed by atoms with E-state index in [1.165, 1.54) is 0 Å². The average molecular weight is 652 g/mol. The van der Waals surface area contributed by atoms with Crippen molar-refractivity contribution in [2.24, 2.45) is 5.73 Å². The van der Waals surface area contributed by atoms with Gasteiger partial charge in [0, 0.05) is 55.9 Å². The molecule has 0 saturated carbocycles. The molecule has 2 aromatic heterocycles. The van der Waals surface area contributed by atoms with Gasteiger partial charge in [0.1, 0.15) is 11.5 Å². The van der Waals surface area contributed by atoms with Gasteiger partial charge in [0.15, 0.2) is 0 Å². The summed E-state index contributed by atoms with van der Waals surface area (Å²) in [4.78, 5) is 37.2. The summed E-state index contributed by atoms with van der Waals surface area (Å²) in [6, 6.07) is 9.71. The highest BCUT2D eigenvalue weighted by Crippen LogP contribution is 2.29. The van der Waals surface area contributed by atoms with E-state index >= 15 is 0 Å².